The molecular weight excluding hydrogens is 364 g/mol. The Morgan fingerprint density at radius 1 is 1.32 bits per heavy atom. The van der Waals surface area contributed by atoms with E-state index in [-0.39, 0.29) is 11.6 Å². The number of aromatic nitrogens is 3. The van der Waals surface area contributed by atoms with E-state index in [1.165, 1.54) is 4.68 Å². The van der Waals surface area contributed by atoms with Crippen molar-refractivity contribution >= 4 is 33.0 Å². The van der Waals surface area contributed by atoms with E-state index in [0.717, 1.165) is 10.6 Å². The summed E-state index contributed by atoms with van der Waals surface area (Å²) in [6, 6.07) is 9.86. The molecule has 0 saturated carbocycles. The van der Waals surface area contributed by atoms with E-state index in [9.17, 15) is 4.79 Å². The molecule has 3 aromatic rings. The highest BCUT2D eigenvalue weighted by Gasteiger charge is 2.18. The van der Waals surface area contributed by atoms with Gasteiger partial charge in [0.1, 0.15) is 15.5 Å². The van der Waals surface area contributed by atoms with Gasteiger partial charge in [0.15, 0.2) is 0 Å². The van der Waals surface area contributed by atoms with E-state index in [2.05, 4.69) is 31.3 Å². The lowest BCUT2D eigenvalue weighted by Crippen LogP contribution is -2.22. The number of aryl methyl sites for hydroxylation is 1. The van der Waals surface area contributed by atoms with Gasteiger partial charge in [-0.25, -0.2) is 9.67 Å². The minimum Gasteiger partial charge on any atom is -0.370 e. The number of rotatable bonds is 4. The minimum atomic E-state index is -0.184. The summed E-state index contributed by atoms with van der Waals surface area (Å²) in [5.41, 5.74) is 1.54. The van der Waals surface area contributed by atoms with Gasteiger partial charge in [-0.2, -0.15) is 5.10 Å². The zero-order chi connectivity index (χ0) is 15.5. The molecule has 1 unspecified atom stereocenters. The Labute approximate surface area is 139 Å². The first kappa shape index (κ1) is 14.9. The van der Waals surface area contributed by atoms with Crippen LogP contribution in [-0.2, 0) is 7.05 Å². The van der Waals surface area contributed by atoms with Crippen LogP contribution >= 0.6 is 27.3 Å². The van der Waals surface area contributed by atoms with Gasteiger partial charge in [0, 0.05) is 18.6 Å². The van der Waals surface area contributed by atoms with E-state index in [1.807, 2.05) is 35.7 Å². The molecule has 0 bridgehead atoms. The molecule has 2 heterocycles. The van der Waals surface area contributed by atoms with Gasteiger partial charge in [0.2, 0.25) is 0 Å². The molecule has 1 atom stereocenters. The number of thiazole rings is 1. The van der Waals surface area contributed by atoms with Crippen LogP contribution in [0.5, 0.6) is 0 Å². The van der Waals surface area contributed by atoms with Gasteiger partial charge in [-0.3, -0.25) is 4.79 Å². The third kappa shape index (κ3) is 2.95. The Morgan fingerprint density at radius 2 is 2.09 bits per heavy atom. The number of benzene rings is 1. The van der Waals surface area contributed by atoms with Crippen LogP contribution in [0, 0.1) is 0 Å². The third-order valence-corrected chi connectivity index (χ3v) is 4.82. The fraction of sp³-hybridized carbons (Fsp3) is 0.133. The molecule has 0 aliphatic rings. The molecule has 1 aromatic carbocycles. The maximum absolute atomic E-state index is 12.0. The zero-order valence-electron chi connectivity index (χ0n) is 11.7. The molecule has 112 valence electrons. The first-order valence-corrected chi connectivity index (χ1v) is 8.27. The number of halogens is 1. The second-order valence-electron chi connectivity index (χ2n) is 4.66. The minimum absolute atomic E-state index is 0.133. The molecular formula is C15H13BrN4OS. The molecule has 0 aliphatic carbocycles. The molecule has 22 heavy (non-hydrogen) atoms. The molecule has 5 nitrogen and oxygen atoms in total. The van der Waals surface area contributed by atoms with Crippen molar-refractivity contribution in [2.45, 2.75) is 6.04 Å². The number of nitrogens with zero attached hydrogens (tertiary/aromatic N) is 3. The van der Waals surface area contributed by atoms with Gasteiger partial charge >= 0.3 is 0 Å². The number of anilines is 1. The SMILES string of the molecule is Cn1ncc(NC(c2ccccc2)c2nccs2)c(Br)c1=O. The summed E-state index contributed by atoms with van der Waals surface area (Å²) < 4.78 is 1.75. The van der Waals surface area contributed by atoms with Crippen LogP contribution in [0.3, 0.4) is 0 Å². The number of hydrogen-bond acceptors (Lipinski definition) is 5. The van der Waals surface area contributed by atoms with E-state index < -0.39 is 0 Å². The highest BCUT2D eigenvalue weighted by atomic mass is 79.9. The van der Waals surface area contributed by atoms with Crippen molar-refractivity contribution in [3.63, 3.8) is 0 Å². The van der Waals surface area contributed by atoms with E-state index in [4.69, 9.17) is 0 Å². The summed E-state index contributed by atoms with van der Waals surface area (Å²) in [5, 5.41) is 10.3. The monoisotopic (exact) mass is 376 g/mol. The van der Waals surface area contributed by atoms with Crippen LogP contribution in [0.1, 0.15) is 16.6 Å². The first-order chi connectivity index (χ1) is 10.7. The molecule has 0 aliphatic heterocycles. The Bertz CT molecular complexity index is 817. The van der Waals surface area contributed by atoms with Crippen molar-refractivity contribution in [3.05, 3.63) is 73.5 Å². The van der Waals surface area contributed by atoms with Gasteiger partial charge < -0.3 is 5.32 Å². The van der Waals surface area contributed by atoms with Crippen molar-refractivity contribution in [2.75, 3.05) is 5.32 Å². The standard InChI is InChI=1S/C15H13BrN4OS/c1-20-15(21)12(16)11(9-18-20)19-13(14-17-7-8-22-14)10-5-3-2-4-6-10/h2-9,13,19H,1H3. The number of hydrogen-bond donors (Lipinski definition) is 1. The molecule has 0 saturated heterocycles. The summed E-state index contributed by atoms with van der Waals surface area (Å²) in [4.78, 5) is 16.4. The first-order valence-electron chi connectivity index (χ1n) is 6.59. The fourth-order valence-corrected chi connectivity index (χ4v) is 3.26. The van der Waals surface area contributed by atoms with Crippen molar-refractivity contribution < 1.29 is 0 Å². The Morgan fingerprint density at radius 3 is 2.77 bits per heavy atom. The van der Waals surface area contributed by atoms with E-state index in [0.29, 0.717) is 10.2 Å². The fourth-order valence-electron chi connectivity index (χ4n) is 2.08. The highest BCUT2D eigenvalue weighted by Crippen LogP contribution is 2.29. The average Bonchev–Trinajstić information content (AvgIpc) is 3.07. The van der Waals surface area contributed by atoms with Crippen molar-refractivity contribution in [1.82, 2.24) is 14.8 Å². The molecule has 0 radical (unpaired) electrons. The predicted molar refractivity (Wildman–Crippen MR) is 91.2 cm³/mol. The smallest absolute Gasteiger partial charge is 0.282 e. The van der Waals surface area contributed by atoms with E-state index in [1.54, 1.807) is 30.8 Å². The van der Waals surface area contributed by atoms with E-state index >= 15 is 0 Å². The Hall–Kier alpha value is -1.99. The topological polar surface area (TPSA) is 59.8 Å². The van der Waals surface area contributed by atoms with Gasteiger partial charge in [0.05, 0.1) is 11.9 Å². The maximum atomic E-state index is 12.0. The van der Waals surface area contributed by atoms with Crippen LogP contribution in [-0.4, -0.2) is 14.8 Å². The normalized spacial score (nSPS) is 12.1. The zero-order valence-corrected chi connectivity index (χ0v) is 14.1. The molecule has 3 rings (SSSR count). The Balaban J connectivity index is 2.02. The quantitative estimate of drug-likeness (QED) is 0.759. The average molecular weight is 377 g/mol. The van der Waals surface area contributed by atoms with Crippen molar-refractivity contribution in [2.24, 2.45) is 7.05 Å². The summed E-state index contributed by atoms with van der Waals surface area (Å²) in [6.45, 7) is 0. The maximum Gasteiger partial charge on any atom is 0.282 e. The number of nitrogens with one attached hydrogen (secondary N) is 1. The second-order valence-corrected chi connectivity index (χ2v) is 6.38. The molecule has 7 heteroatoms. The highest BCUT2D eigenvalue weighted by molar-refractivity contribution is 9.10. The van der Waals surface area contributed by atoms with Gasteiger partial charge in [-0.15, -0.1) is 11.3 Å². The Kier molecular flexibility index (Phi) is 4.35. The van der Waals surface area contributed by atoms with Gasteiger partial charge in [0.25, 0.3) is 5.56 Å². The van der Waals surface area contributed by atoms with Crippen LogP contribution in [0.2, 0.25) is 0 Å². The van der Waals surface area contributed by atoms with Crippen LogP contribution in [0.4, 0.5) is 5.69 Å². The lowest BCUT2D eigenvalue weighted by Gasteiger charge is -2.19. The largest absolute Gasteiger partial charge is 0.370 e. The summed E-state index contributed by atoms with van der Waals surface area (Å²) >= 11 is 4.91. The summed E-state index contributed by atoms with van der Waals surface area (Å²) in [5.74, 6) is 0. The van der Waals surface area contributed by atoms with Crippen LogP contribution < -0.4 is 10.9 Å². The van der Waals surface area contributed by atoms with Crippen LogP contribution in [0.15, 0.2) is 57.4 Å². The molecule has 0 amide bonds. The predicted octanol–water partition coefficient (Wildman–Crippen LogP) is 3.20. The lowest BCUT2D eigenvalue weighted by molar-refractivity contribution is 0.702. The third-order valence-electron chi connectivity index (χ3n) is 3.21. The molecule has 2 aromatic heterocycles. The summed E-state index contributed by atoms with van der Waals surface area (Å²) in [7, 11) is 1.62. The van der Waals surface area contributed by atoms with Gasteiger partial charge in [-0.05, 0) is 21.5 Å². The van der Waals surface area contributed by atoms with Crippen molar-refractivity contribution in [3.8, 4) is 0 Å². The second kappa shape index (κ2) is 6.41. The van der Waals surface area contributed by atoms with Crippen molar-refractivity contribution in [1.29, 1.82) is 0 Å². The molecule has 0 spiro atoms. The summed E-state index contributed by atoms with van der Waals surface area (Å²) in [6.07, 6.45) is 3.41. The molecule has 0 fully saturated rings. The van der Waals surface area contributed by atoms with Gasteiger partial charge in [-0.1, -0.05) is 30.3 Å². The molecule has 1 N–H and O–H groups in total. The lowest BCUT2D eigenvalue weighted by atomic mass is 10.1. The van der Waals surface area contributed by atoms with Crippen LogP contribution in [0.25, 0.3) is 0 Å².